The molecule has 0 aliphatic carbocycles. The van der Waals surface area contributed by atoms with E-state index in [1.54, 1.807) is 0 Å². The van der Waals surface area contributed by atoms with Crippen LogP contribution in [0.25, 0.3) is 0 Å². The Balaban J connectivity index is 3.34. The average Bonchev–Trinajstić information content (AvgIpc) is 2.34. The fourth-order valence-corrected chi connectivity index (χ4v) is 1.54. The van der Waals surface area contributed by atoms with Gasteiger partial charge in [-0.1, -0.05) is 0 Å². The van der Waals surface area contributed by atoms with Gasteiger partial charge in [0.25, 0.3) is 0 Å². The van der Waals surface area contributed by atoms with Gasteiger partial charge in [-0.05, 0) is 0 Å². The van der Waals surface area contributed by atoms with Gasteiger partial charge in [0.2, 0.25) is 11.8 Å². The van der Waals surface area contributed by atoms with Gasteiger partial charge >= 0.3 is 12.3 Å². The lowest BCUT2D eigenvalue weighted by Gasteiger charge is -2.13. The van der Waals surface area contributed by atoms with Crippen LogP contribution in [-0.2, 0) is 10.6 Å². The minimum Gasteiger partial charge on any atom is -0.481 e. The Morgan fingerprint density at radius 1 is 1.42 bits per heavy atom. The van der Waals surface area contributed by atoms with E-state index in [1.807, 2.05) is 0 Å². The van der Waals surface area contributed by atoms with Crippen LogP contribution in [0.4, 0.5) is 13.2 Å². The summed E-state index contributed by atoms with van der Waals surface area (Å²) in [5, 5.41) is 0. The van der Waals surface area contributed by atoms with Gasteiger partial charge in [-0.15, -0.1) is 24.8 Å². The summed E-state index contributed by atoms with van der Waals surface area (Å²) in [5.41, 5.74) is -0.0888. The molecule has 0 aliphatic rings. The van der Waals surface area contributed by atoms with Crippen LogP contribution < -0.4 is 9.47 Å². The molecule has 1 aromatic rings. The van der Waals surface area contributed by atoms with Crippen molar-refractivity contribution >= 4 is 17.6 Å². The Morgan fingerprint density at radius 2 is 2.05 bits per heavy atom. The third kappa shape index (κ3) is 3.88. The molecule has 9 heteroatoms. The van der Waals surface area contributed by atoms with Gasteiger partial charge in [0.1, 0.15) is 0 Å². The molecule has 0 fully saturated rings. The minimum absolute atomic E-state index is 0.116. The predicted molar refractivity (Wildman–Crippen MR) is 58.4 cm³/mol. The first kappa shape index (κ1) is 15.4. The lowest BCUT2D eigenvalue weighted by Crippen LogP contribution is -2.19. The molecule has 5 nitrogen and oxygen atoms in total. The smallest absolute Gasteiger partial charge is 0.481 e. The molecule has 0 amide bonds. The Labute approximate surface area is 111 Å². The van der Waals surface area contributed by atoms with E-state index >= 15 is 0 Å². The summed E-state index contributed by atoms with van der Waals surface area (Å²) in [4.78, 5) is 14.9. The summed E-state index contributed by atoms with van der Waals surface area (Å²) in [5.74, 6) is -2.13. The Bertz CT molecular complexity index is 479. The average molecular weight is 300 g/mol. The number of pyridine rings is 1. The maximum Gasteiger partial charge on any atom is 0.574 e. The molecule has 0 spiro atoms. The van der Waals surface area contributed by atoms with E-state index in [1.165, 1.54) is 7.11 Å². The number of hydrogen-bond donors (Lipinski definition) is 0. The highest BCUT2D eigenvalue weighted by Crippen LogP contribution is 2.29. The number of nitrogens with zero attached hydrogens (tertiary/aromatic N) is 1. The SMILES string of the molecule is COC(=O)c1cc(OC(F)(F)F)nc(OC)c1CCl. The molecular weight excluding hydrogens is 291 g/mol. The van der Waals surface area contributed by atoms with Crippen LogP contribution in [0.2, 0.25) is 0 Å². The van der Waals surface area contributed by atoms with Crippen LogP contribution in [-0.4, -0.2) is 31.5 Å². The zero-order valence-corrected chi connectivity index (χ0v) is 10.6. The summed E-state index contributed by atoms with van der Waals surface area (Å²) in [7, 11) is 2.26. The lowest BCUT2D eigenvalue weighted by atomic mass is 10.1. The zero-order valence-electron chi connectivity index (χ0n) is 9.88. The van der Waals surface area contributed by atoms with Gasteiger partial charge in [-0.2, -0.15) is 4.98 Å². The van der Waals surface area contributed by atoms with E-state index in [9.17, 15) is 18.0 Å². The monoisotopic (exact) mass is 299 g/mol. The number of rotatable bonds is 4. The number of methoxy groups -OCH3 is 2. The lowest BCUT2D eigenvalue weighted by molar-refractivity contribution is -0.276. The molecule has 0 aromatic carbocycles. The van der Waals surface area contributed by atoms with Crippen molar-refractivity contribution in [2.24, 2.45) is 0 Å². The van der Waals surface area contributed by atoms with Gasteiger partial charge in [0.15, 0.2) is 0 Å². The first-order chi connectivity index (χ1) is 8.82. The first-order valence-electron chi connectivity index (χ1n) is 4.80. The highest BCUT2D eigenvalue weighted by Gasteiger charge is 2.33. The molecule has 0 radical (unpaired) electrons. The highest BCUT2D eigenvalue weighted by atomic mass is 35.5. The summed E-state index contributed by atoms with van der Waals surface area (Å²) in [6.07, 6.45) is -4.94. The number of ether oxygens (including phenoxy) is 3. The van der Waals surface area contributed by atoms with Gasteiger partial charge in [-0.25, -0.2) is 4.79 Å². The van der Waals surface area contributed by atoms with Crippen molar-refractivity contribution in [1.29, 1.82) is 0 Å². The number of halogens is 4. The minimum atomic E-state index is -4.94. The molecule has 0 saturated carbocycles. The Kier molecular flexibility index (Phi) is 4.82. The fraction of sp³-hybridized carbons (Fsp3) is 0.400. The zero-order chi connectivity index (χ0) is 14.6. The van der Waals surface area contributed by atoms with Gasteiger partial charge in [0, 0.05) is 11.6 Å². The van der Waals surface area contributed by atoms with E-state index in [4.69, 9.17) is 16.3 Å². The maximum atomic E-state index is 12.1. The van der Waals surface area contributed by atoms with Crippen molar-refractivity contribution < 1.29 is 32.2 Å². The topological polar surface area (TPSA) is 57.7 Å². The molecule has 1 rings (SSSR count). The first-order valence-corrected chi connectivity index (χ1v) is 5.33. The molecule has 1 aromatic heterocycles. The van der Waals surface area contributed by atoms with Crippen molar-refractivity contribution in [3.8, 4) is 11.8 Å². The van der Waals surface area contributed by atoms with Gasteiger partial charge < -0.3 is 14.2 Å². The predicted octanol–water partition coefficient (Wildman–Crippen LogP) is 2.51. The largest absolute Gasteiger partial charge is 0.574 e. The number of aromatic nitrogens is 1. The normalized spacial score (nSPS) is 11.1. The Morgan fingerprint density at radius 3 is 2.47 bits per heavy atom. The second-order valence-electron chi connectivity index (χ2n) is 3.17. The van der Waals surface area contributed by atoms with Crippen molar-refractivity contribution in [3.05, 3.63) is 17.2 Å². The van der Waals surface area contributed by atoms with Crippen LogP contribution in [0.15, 0.2) is 6.07 Å². The number of hydrogen-bond acceptors (Lipinski definition) is 5. The standard InChI is InChI=1S/C10H9ClF3NO4/c1-17-8-6(4-11)5(9(16)18-2)3-7(15-8)19-10(12,13)14/h3H,4H2,1-2H3. The maximum absolute atomic E-state index is 12.1. The van der Waals surface area contributed by atoms with Crippen molar-refractivity contribution in [1.82, 2.24) is 4.98 Å². The van der Waals surface area contributed by atoms with E-state index in [0.29, 0.717) is 0 Å². The quantitative estimate of drug-likeness (QED) is 0.631. The molecule has 0 saturated heterocycles. The molecule has 106 valence electrons. The van der Waals surface area contributed by atoms with E-state index in [0.717, 1.165) is 13.2 Å². The summed E-state index contributed by atoms with van der Waals surface area (Å²) in [6.45, 7) is 0. The van der Waals surface area contributed by atoms with E-state index in [2.05, 4.69) is 14.5 Å². The molecule has 0 unspecified atom stereocenters. The van der Waals surface area contributed by atoms with Crippen LogP contribution in [0, 0.1) is 0 Å². The third-order valence-corrected chi connectivity index (χ3v) is 2.28. The molecule has 19 heavy (non-hydrogen) atoms. The second-order valence-corrected chi connectivity index (χ2v) is 3.44. The van der Waals surface area contributed by atoms with Crippen LogP contribution >= 0.6 is 11.6 Å². The number of alkyl halides is 4. The summed E-state index contributed by atoms with van der Waals surface area (Å²) in [6, 6.07) is 0.791. The van der Waals surface area contributed by atoms with E-state index in [-0.39, 0.29) is 22.9 Å². The molecule has 0 aliphatic heterocycles. The fourth-order valence-electron chi connectivity index (χ4n) is 1.29. The van der Waals surface area contributed by atoms with Gasteiger partial charge in [0.05, 0.1) is 25.7 Å². The molecule has 0 bridgehead atoms. The van der Waals surface area contributed by atoms with E-state index < -0.39 is 18.2 Å². The molecule has 0 N–H and O–H groups in total. The van der Waals surface area contributed by atoms with Crippen LogP contribution in [0.1, 0.15) is 15.9 Å². The Hall–Kier alpha value is -1.70. The summed E-state index contributed by atoms with van der Waals surface area (Å²) < 4.78 is 49.2. The van der Waals surface area contributed by atoms with Crippen molar-refractivity contribution in [3.63, 3.8) is 0 Å². The van der Waals surface area contributed by atoms with Crippen molar-refractivity contribution in [2.45, 2.75) is 12.2 Å². The van der Waals surface area contributed by atoms with Crippen LogP contribution in [0.3, 0.4) is 0 Å². The summed E-state index contributed by atoms with van der Waals surface area (Å²) >= 11 is 5.61. The van der Waals surface area contributed by atoms with Crippen molar-refractivity contribution in [2.75, 3.05) is 14.2 Å². The number of carbonyl (C=O) groups is 1. The molecular formula is C10H9ClF3NO4. The van der Waals surface area contributed by atoms with Gasteiger partial charge in [-0.3, -0.25) is 0 Å². The van der Waals surface area contributed by atoms with Crippen LogP contribution in [0.5, 0.6) is 11.8 Å². The number of esters is 1. The second kappa shape index (κ2) is 5.96. The third-order valence-electron chi connectivity index (χ3n) is 2.02. The number of carbonyl (C=O) groups excluding carboxylic acids is 1. The molecule has 0 atom stereocenters. The highest BCUT2D eigenvalue weighted by molar-refractivity contribution is 6.18. The molecule has 1 heterocycles.